The molecule has 10 heteroatoms. The van der Waals surface area contributed by atoms with Crippen LogP contribution in [0.15, 0.2) is 89.9 Å². The number of ether oxygens (including phenoxy) is 1. The number of hydrogen-bond acceptors (Lipinski definition) is 6. The third kappa shape index (κ3) is 7.08. The zero-order valence-electron chi connectivity index (χ0n) is 22.1. The van der Waals surface area contributed by atoms with E-state index in [1.165, 1.54) is 55.1 Å². The van der Waals surface area contributed by atoms with Gasteiger partial charge in [0.25, 0.3) is 5.56 Å². The molecule has 0 unspecified atom stereocenters. The first kappa shape index (κ1) is 30.8. The van der Waals surface area contributed by atoms with Gasteiger partial charge >= 0.3 is 29.6 Å². The third-order valence-corrected chi connectivity index (χ3v) is 6.45. The maximum atomic E-state index is 13.5. The van der Waals surface area contributed by atoms with Crippen LogP contribution in [-0.2, 0) is 11.2 Å². The van der Waals surface area contributed by atoms with Crippen molar-refractivity contribution in [1.82, 2.24) is 4.57 Å². The van der Waals surface area contributed by atoms with Gasteiger partial charge in [-0.15, -0.1) is 0 Å². The van der Waals surface area contributed by atoms with Gasteiger partial charge in [-0.1, -0.05) is 54.1 Å². The largest absolute Gasteiger partial charge is 1.00 e. The van der Waals surface area contributed by atoms with Gasteiger partial charge < -0.3 is 20.0 Å². The van der Waals surface area contributed by atoms with Crippen LogP contribution in [0, 0.1) is 0 Å². The van der Waals surface area contributed by atoms with Crippen LogP contribution in [0.4, 0.5) is 5.69 Å². The van der Waals surface area contributed by atoms with E-state index in [0.29, 0.717) is 27.4 Å². The van der Waals surface area contributed by atoms with Crippen molar-refractivity contribution in [1.29, 1.82) is 0 Å². The number of carbonyl (C=O) groups is 3. The van der Waals surface area contributed by atoms with Crippen molar-refractivity contribution in [3.8, 4) is 16.9 Å². The fraction of sp³-hybridized carbons (Fsp3) is 0.133. The van der Waals surface area contributed by atoms with E-state index < -0.39 is 23.5 Å². The average molecular weight is 567 g/mol. The summed E-state index contributed by atoms with van der Waals surface area (Å²) in [5, 5.41) is 14.2. The first-order valence-corrected chi connectivity index (χ1v) is 12.3. The molecule has 0 radical (unpaired) electrons. The molecule has 4 rings (SSSR count). The number of hydrogen-bond donors (Lipinski definition) is 1. The minimum Gasteiger partial charge on any atom is -0.545 e. The van der Waals surface area contributed by atoms with Gasteiger partial charge in [-0.3, -0.25) is 19.0 Å². The minimum absolute atomic E-state index is 0. The summed E-state index contributed by atoms with van der Waals surface area (Å²) in [5.74, 6) is -1.77. The molecule has 4 aromatic rings. The molecule has 1 atom stereocenters. The zero-order chi connectivity index (χ0) is 28.1. The number of ketones is 1. The molecular weight excluding hydrogens is 543 g/mol. The summed E-state index contributed by atoms with van der Waals surface area (Å²) in [4.78, 5) is 50.4. The Bertz CT molecular complexity index is 1600. The van der Waals surface area contributed by atoms with Gasteiger partial charge in [-0.25, -0.2) is 0 Å². The van der Waals surface area contributed by atoms with Crippen LogP contribution in [0.2, 0.25) is 5.02 Å². The molecule has 0 saturated carbocycles. The number of halogens is 1. The summed E-state index contributed by atoms with van der Waals surface area (Å²) in [6.07, 6.45) is 1.62. The van der Waals surface area contributed by atoms with Crippen LogP contribution in [0.5, 0.6) is 5.75 Å². The Morgan fingerprint density at radius 3 is 2.25 bits per heavy atom. The van der Waals surface area contributed by atoms with Gasteiger partial charge in [0.15, 0.2) is 5.78 Å². The number of carboxylic acids is 1. The number of aromatic nitrogens is 1. The molecule has 1 heterocycles. The SMILES string of the molecule is COc1cn([C@@H](Cc2ccccc2)C(=O)Nc2ccc(C(=O)[O-])cc2)c(=O)cc1-c1cc(Cl)ccc1C(C)=O.[Na+]. The van der Waals surface area contributed by atoms with E-state index >= 15 is 0 Å². The molecule has 1 amide bonds. The quantitative estimate of drug-likeness (QED) is 0.240. The molecule has 0 spiro atoms. The van der Waals surface area contributed by atoms with Crippen LogP contribution < -0.4 is 50.3 Å². The Labute approximate surface area is 257 Å². The summed E-state index contributed by atoms with van der Waals surface area (Å²) < 4.78 is 6.87. The molecule has 0 fully saturated rings. The van der Waals surface area contributed by atoms with Crippen LogP contribution in [-0.4, -0.2) is 29.3 Å². The predicted molar refractivity (Wildman–Crippen MR) is 146 cm³/mol. The number of nitrogens with one attached hydrogen (secondary N) is 1. The van der Waals surface area contributed by atoms with Gasteiger partial charge in [0.2, 0.25) is 5.91 Å². The first-order chi connectivity index (χ1) is 18.7. The van der Waals surface area contributed by atoms with Crippen LogP contribution >= 0.6 is 11.6 Å². The molecule has 0 aliphatic carbocycles. The maximum absolute atomic E-state index is 13.5. The van der Waals surface area contributed by atoms with Crippen molar-refractivity contribution in [2.24, 2.45) is 0 Å². The van der Waals surface area contributed by atoms with Gasteiger partial charge in [0.05, 0.1) is 19.3 Å². The monoisotopic (exact) mass is 566 g/mol. The number of carbonyl (C=O) groups excluding carboxylic acids is 3. The molecule has 40 heavy (non-hydrogen) atoms. The maximum Gasteiger partial charge on any atom is 1.00 e. The summed E-state index contributed by atoms with van der Waals surface area (Å²) in [6.45, 7) is 1.42. The molecule has 3 aromatic carbocycles. The molecule has 0 saturated heterocycles. The van der Waals surface area contributed by atoms with Crippen LogP contribution in [0.3, 0.4) is 0 Å². The Kier molecular flexibility index (Phi) is 10.5. The summed E-state index contributed by atoms with van der Waals surface area (Å²) >= 11 is 6.20. The number of pyridine rings is 1. The van der Waals surface area contributed by atoms with Crippen LogP contribution in [0.1, 0.15) is 39.2 Å². The number of methoxy groups -OCH3 is 1. The minimum atomic E-state index is -1.33. The second kappa shape index (κ2) is 13.6. The molecular formula is C30H24ClN2NaO6. The number of amides is 1. The molecule has 1 aromatic heterocycles. The van der Waals surface area contributed by atoms with Gasteiger partial charge in [-0.2, -0.15) is 0 Å². The fourth-order valence-electron chi connectivity index (χ4n) is 4.26. The van der Waals surface area contributed by atoms with Crippen molar-refractivity contribution < 1.29 is 53.8 Å². The second-order valence-corrected chi connectivity index (χ2v) is 9.24. The van der Waals surface area contributed by atoms with E-state index in [1.807, 2.05) is 30.3 Å². The molecule has 1 N–H and O–H groups in total. The molecule has 0 bridgehead atoms. The van der Waals surface area contributed by atoms with E-state index in [1.54, 1.807) is 18.2 Å². The fourth-order valence-corrected chi connectivity index (χ4v) is 4.43. The van der Waals surface area contributed by atoms with Gasteiger partial charge in [-0.05, 0) is 53.9 Å². The standard InChI is InChI=1S/C30H25ClN2O6.Na/c1-18(34)23-13-10-21(31)15-24(23)25-16-28(35)33(17-27(25)39-2)26(14-19-6-4-3-5-7-19)29(36)32-22-11-8-20(9-12-22)30(37)38;/h3-13,15-17,26H,14H2,1-2H3,(H,32,36)(H,37,38);/q;+1/p-1/t26-;/m0./s1. The number of rotatable bonds is 9. The summed E-state index contributed by atoms with van der Waals surface area (Å²) in [7, 11) is 1.43. The van der Waals surface area contributed by atoms with E-state index in [9.17, 15) is 24.3 Å². The van der Waals surface area contributed by atoms with Gasteiger partial charge in [0, 0.05) is 34.3 Å². The number of aromatic carboxylic acids is 1. The Morgan fingerprint density at radius 1 is 0.975 bits per heavy atom. The molecule has 198 valence electrons. The molecule has 0 aliphatic rings. The number of carboxylic acid groups (broad SMARTS) is 1. The average Bonchev–Trinajstić information content (AvgIpc) is 2.92. The second-order valence-electron chi connectivity index (χ2n) is 8.81. The number of anilines is 1. The number of Topliss-reactive ketones (excluding diaryl/α,β-unsaturated/α-hetero) is 1. The Morgan fingerprint density at radius 2 is 1.65 bits per heavy atom. The van der Waals surface area contributed by atoms with Crippen LogP contribution in [0.25, 0.3) is 11.1 Å². The Hall–Kier alpha value is -3.69. The normalized spacial score (nSPS) is 11.2. The van der Waals surface area contributed by atoms with Crippen molar-refractivity contribution >= 4 is 34.9 Å². The van der Waals surface area contributed by atoms with Crippen molar-refractivity contribution in [3.05, 3.63) is 117 Å². The van der Waals surface area contributed by atoms with E-state index in [0.717, 1.165) is 5.56 Å². The first-order valence-electron chi connectivity index (χ1n) is 11.9. The summed E-state index contributed by atoms with van der Waals surface area (Å²) in [5.41, 5.74) is 1.81. The Balaban J connectivity index is 0.00000441. The molecule has 8 nitrogen and oxygen atoms in total. The third-order valence-electron chi connectivity index (χ3n) is 6.21. The predicted octanol–water partition coefficient (Wildman–Crippen LogP) is 1.17. The van der Waals surface area contributed by atoms with E-state index in [4.69, 9.17) is 16.3 Å². The number of benzene rings is 3. The van der Waals surface area contributed by atoms with E-state index in [2.05, 4.69) is 5.32 Å². The topological polar surface area (TPSA) is 118 Å². The van der Waals surface area contributed by atoms with Crippen molar-refractivity contribution in [2.75, 3.05) is 12.4 Å². The molecule has 0 aliphatic heterocycles. The van der Waals surface area contributed by atoms with Gasteiger partial charge in [0.1, 0.15) is 11.8 Å². The van der Waals surface area contributed by atoms with E-state index in [-0.39, 0.29) is 53.1 Å². The smallest absolute Gasteiger partial charge is 0.545 e. The number of nitrogens with zero attached hydrogens (tertiary/aromatic N) is 1. The van der Waals surface area contributed by atoms with Crippen molar-refractivity contribution in [2.45, 2.75) is 19.4 Å². The zero-order valence-corrected chi connectivity index (χ0v) is 24.9. The van der Waals surface area contributed by atoms with Crippen molar-refractivity contribution in [3.63, 3.8) is 0 Å². The summed E-state index contributed by atoms with van der Waals surface area (Å²) in [6, 6.07) is 19.8.